The Bertz CT molecular complexity index is 456. The first-order valence-electron chi connectivity index (χ1n) is 7.65. The van der Waals surface area contributed by atoms with Gasteiger partial charge in [0.25, 0.3) is 0 Å². The minimum Gasteiger partial charge on any atom is -0.314 e. The molecule has 1 fully saturated rings. The summed E-state index contributed by atoms with van der Waals surface area (Å²) in [6.07, 6.45) is 2.40. The number of piperazine rings is 1. The molecule has 0 amide bonds. The predicted octanol–water partition coefficient (Wildman–Crippen LogP) is 2.94. The fourth-order valence-corrected chi connectivity index (χ4v) is 2.86. The van der Waals surface area contributed by atoms with Gasteiger partial charge in [-0.3, -0.25) is 4.90 Å². The molecular weight excluding hydrogens is 246 g/mol. The molecule has 3 heteroatoms. The van der Waals surface area contributed by atoms with Gasteiger partial charge in [0.1, 0.15) is 0 Å². The summed E-state index contributed by atoms with van der Waals surface area (Å²) in [5.74, 6) is 0.722. The first kappa shape index (κ1) is 15.0. The number of benzene rings is 1. The summed E-state index contributed by atoms with van der Waals surface area (Å²) in [6, 6.07) is 10.8. The molecule has 0 spiro atoms. The van der Waals surface area contributed by atoms with Crippen molar-refractivity contribution in [3.8, 4) is 6.07 Å². The van der Waals surface area contributed by atoms with E-state index in [4.69, 9.17) is 5.26 Å². The van der Waals surface area contributed by atoms with E-state index in [1.54, 1.807) is 0 Å². The Morgan fingerprint density at radius 2 is 2.00 bits per heavy atom. The summed E-state index contributed by atoms with van der Waals surface area (Å²) in [5.41, 5.74) is 2.07. The van der Waals surface area contributed by atoms with Crippen LogP contribution in [-0.2, 0) is 0 Å². The largest absolute Gasteiger partial charge is 0.314 e. The van der Waals surface area contributed by atoms with Crippen molar-refractivity contribution in [2.75, 3.05) is 26.2 Å². The zero-order chi connectivity index (χ0) is 14.4. The molecule has 1 N–H and O–H groups in total. The SMILES string of the molecule is CC(C)CC[C@@H](c1cccc(C#N)c1)N1CCNCC1. The van der Waals surface area contributed by atoms with Crippen LogP contribution in [0.15, 0.2) is 24.3 Å². The van der Waals surface area contributed by atoms with Gasteiger partial charge < -0.3 is 5.32 Å². The van der Waals surface area contributed by atoms with E-state index >= 15 is 0 Å². The van der Waals surface area contributed by atoms with Gasteiger partial charge in [-0.25, -0.2) is 0 Å². The van der Waals surface area contributed by atoms with Crippen LogP contribution < -0.4 is 5.32 Å². The smallest absolute Gasteiger partial charge is 0.0991 e. The second-order valence-corrected chi connectivity index (χ2v) is 6.01. The zero-order valence-electron chi connectivity index (χ0n) is 12.6. The minimum absolute atomic E-state index is 0.452. The number of rotatable bonds is 5. The van der Waals surface area contributed by atoms with Crippen molar-refractivity contribution in [2.45, 2.75) is 32.7 Å². The van der Waals surface area contributed by atoms with Gasteiger partial charge in [-0.05, 0) is 36.5 Å². The van der Waals surface area contributed by atoms with Crippen LogP contribution in [-0.4, -0.2) is 31.1 Å². The maximum absolute atomic E-state index is 9.10. The molecule has 0 unspecified atom stereocenters. The number of hydrogen-bond donors (Lipinski definition) is 1. The lowest BCUT2D eigenvalue weighted by Gasteiger charge is -2.35. The van der Waals surface area contributed by atoms with E-state index in [0.29, 0.717) is 6.04 Å². The van der Waals surface area contributed by atoms with E-state index < -0.39 is 0 Å². The topological polar surface area (TPSA) is 39.1 Å². The van der Waals surface area contributed by atoms with E-state index in [-0.39, 0.29) is 0 Å². The summed E-state index contributed by atoms with van der Waals surface area (Å²) in [7, 11) is 0. The van der Waals surface area contributed by atoms with Gasteiger partial charge in [-0.1, -0.05) is 26.0 Å². The lowest BCUT2D eigenvalue weighted by molar-refractivity contribution is 0.160. The van der Waals surface area contributed by atoms with E-state index in [9.17, 15) is 0 Å². The van der Waals surface area contributed by atoms with Crippen LogP contribution in [0.4, 0.5) is 0 Å². The third kappa shape index (κ3) is 4.06. The molecule has 0 aromatic heterocycles. The van der Waals surface area contributed by atoms with Crippen LogP contribution >= 0.6 is 0 Å². The van der Waals surface area contributed by atoms with Gasteiger partial charge in [0.15, 0.2) is 0 Å². The summed E-state index contributed by atoms with van der Waals surface area (Å²) < 4.78 is 0. The van der Waals surface area contributed by atoms with Crippen LogP contribution in [0.2, 0.25) is 0 Å². The molecule has 1 aromatic carbocycles. The molecule has 0 radical (unpaired) electrons. The van der Waals surface area contributed by atoms with Crippen molar-refractivity contribution in [1.29, 1.82) is 5.26 Å². The Morgan fingerprint density at radius 1 is 1.25 bits per heavy atom. The molecule has 1 aromatic rings. The van der Waals surface area contributed by atoms with Gasteiger partial charge in [0, 0.05) is 32.2 Å². The monoisotopic (exact) mass is 271 g/mol. The van der Waals surface area contributed by atoms with Crippen molar-refractivity contribution < 1.29 is 0 Å². The summed E-state index contributed by atoms with van der Waals surface area (Å²) in [6.45, 7) is 8.88. The Kier molecular flexibility index (Phi) is 5.58. The summed E-state index contributed by atoms with van der Waals surface area (Å²) >= 11 is 0. The lowest BCUT2D eigenvalue weighted by atomic mass is 9.95. The van der Waals surface area contributed by atoms with Gasteiger partial charge in [0.05, 0.1) is 11.6 Å². The second-order valence-electron chi connectivity index (χ2n) is 6.01. The molecule has 3 nitrogen and oxygen atoms in total. The maximum Gasteiger partial charge on any atom is 0.0991 e. The van der Waals surface area contributed by atoms with E-state index in [1.165, 1.54) is 18.4 Å². The molecule has 1 heterocycles. The number of hydrogen-bond acceptors (Lipinski definition) is 3. The highest BCUT2D eigenvalue weighted by Gasteiger charge is 2.22. The van der Waals surface area contributed by atoms with Gasteiger partial charge in [0.2, 0.25) is 0 Å². The number of nitriles is 1. The Balaban J connectivity index is 2.17. The van der Waals surface area contributed by atoms with E-state index in [1.807, 2.05) is 12.1 Å². The third-order valence-electron chi connectivity index (χ3n) is 4.01. The Morgan fingerprint density at radius 3 is 2.65 bits per heavy atom. The average Bonchev–Trinajstić information content (AvgIpc) is 2.48. The van der Waals surface area contributed by atoms with Gasteiger partial charge in [-0.2, -0.15) is 5.26 Å². The Labute approximate surface area is 122 Å². The quantitative estimate of drug-likeness (QED) is 0.895. The summed E-state index contributed by atoms with van der Waals surface area (Å²) in [5, 5.41) is 12.5. The van der Waals surface area contributed by atoms with Crippen LogP contribution in [0.25, 0.3) is 0 Å². The molecule has 0 aliphatic carbocycles. The minimum atomic E-state index is 0.452. The predicted molar refractivity (Wildman–Crippen MR) is 82.4 cm³/mol. The van der Waals surface area contributed by atoms with E-state index in [0.717, 1.165) is 37.7 Å². The van der Waals surface area contributed by atoms with E-state index in [2.05, 4.69) is 42.3 Å². The van der Waals surface area contributed by atoms with Crippen LogP contribution in [0, 0.1) is 17.2 Å². The first-order valence-corrected chi connectivity index (χ1v) is 7.65. The molecule has 1 aliphatic rings. The zero-order valence-corrected chi connectivity index (χ0v) is 12.6. The average molecular weight is 271 g/mol. The second kappa shape index (κ2) is 7.42. The first-order chi connectivity index (χ1) is 9.70. The number of nitrogens with zero attached hydrogens (tertiary/aromatic N) is 2. The molecule has 2 rings (SSSR count). The van der Waals surface area contributed by atoms with Crippen molar-refractivity contribution in [3.63, 3.8) is 0 Å². The standard InChI is InChI=1S/C17H25N3/c1-14(2)6-7-17(20-10-8-19-9-11-20)16-5-3-4-15(12-16)13-18/h3-5,12,14,17,19H,6-11H2,1-2H3/t17-/m0/s1. The Hall–Kier alpha value is -1.37. The number of nitrogens with one attached hydrogen (secondary N) is 1. The maximum atomic E-state index is 9.10. The van der Waals surface area contributed by atoms with Crippen molar-refractivity contribution in [2.24, 2.45) is 5.92 Å². The third-order valence-corrected chi connectivity index (χ3v) is 4.01. The van der Waals surface area contributed by atoms with Crippen molar-refractivity contribution >= 4 is 0 Å². The van der Waals surface area contributed by atoms with Crippen LogP contribution in [0.1, 0.15) is 43.9 Å². The molecule has 108 valence electrons. The fourth-order valence-electron chi connectivity index (χ4n) is 2.86. The fraction of sp³-hybridized carbons (Fsp3) is 0.588. The molecule has 0 saturated carbocycles. The van der Waals surface area contributed by atoms with Crippen molar-refractivity contribution in [1.82, 2.24) is 10.2 Å². The van der Waals surface area contributed by atoms with Gasteiger partial charge in [-0.15, -0.1) is 0 Å². The van der Waals surface area contributed by atoms with Crippen molar-refractivity contribution in [3.05, 3.63) is 35.4 Å². The molecule has 1 aliphatic heterocycles. The normalized spacial score (nSPS) is 17.9. The lowest BCUT2D eigenvalue weighted by Crippen LogP contribution is -2.45. The summed E-state index contributed by atoms with van der Waals surface area (Å²) in [4.78, 5) is 2.56. The molecule has 1 saturated heterocycles. The molecule has 0 bridgehead atoms. The molecule has 1 atom stereocenters. The van der Waals surface area contributed by atoms with Gasteiger partial charge >= 0.3 is 0 Å². The molecular formula is C17H25N3. The highest BCUT2D eigenvalue weighted by atomic mass is 15.2. The van der Waals surface area contributed by atoms with Crippen LogP contribution in [0.3, 0.4) is 0 Å². The highest BCUT2D eigenvalue weighted by Crippen LogP contribution is 2.28. The van der Waals surface area contributed by atoms with Crippen LogP contribution in [0.5, 0.6) is 0 Å². The highest BCUT2D eigenvalue weighted by molar-refractivity contribution is 5.34. The molecule has 20 heavy (non-hydrogen) atoms.